The van der Waals surface area contributed by atoms with Crippen LogP contribution in [0.1, 0.15) is 10.4 Å². The zero-order valence-electron chi connectivity index (χ0n) is 12.3. The van der Waals surface area contributed by atoms with Crippen molar-refractivity contribution in [2.24, 2.45) is 0 Å². The van der Waals surface area contributed by atoms with Crippen molar-refractivity contribution in [3.8, 4) is 5.75 Å². The van der Waals surface area contributed by atoms with Crippen molar-refractivity contribution in [3.63, 3.8) is 0 Å². The van der Waals surface area contributed by atoms with Crippen LogP contribution in [0.15, 0.2) is 48.5 Å². The number of rotatable bonds is 4. The summed E-state index contributed by atoms with van der Waals surface area (Å²) in [5, 5.41) is 11.2. The van der Waals surface area contributed by atoms with Crippen molar-refractivity contribution < 1.29 is 19.4 Å². The summed E-state index contributed by atoms with van der Waals surface area (Å²) < 4.78 is 4.63. The second kappa shape index (κ2) is 5.84. The van der Waals surface area contributed by atoms with E-state index in [1.807, 2.05) is 24.3 Å². The molecule has 6 nitrogen and oxygen atoms in total. The van der Waals surface area contributed by atoms with Crippen LogP contribution >= 0.6 is 0 Å². The number of anilines is 2. The Hall–Kier alpha value is -3.28. The van der Waals surface area contributed by atoms with E-state index in [0.29, 0.717) is 12.2 Å². The van der Waals surface area contributed by atoms with Crippen LogP contribution in [0.3, 0.4) is 0 Å². The van der Waals surface area contributed by atoms with Gasteiger partial charge in [0.25, 0.3) is 0 Å². The molecule has 0 saturated heterocycles. The number of nitrogens with one attached hydrogen (secondary N) is 1. The van der Waals surface area contributed by atoms with Gasteiger partial charge in [-0.3, -0.25) is 9.69 Å². The van der Waals surface area contributed by atoms with Crippen molar-refractivity contribution in [1.29, 1.82) is 0 Å². The van der Waals surface area contributed by atoms with Crippen molar-refractivity contribution >= 4 is 34.8 Å². The Kier molecular flexibility index (Phi) is 3.72. The number of carbonyl (C=O) groups excluding carboxylic acids is 2. The maximum absolute atomic E-state index is 11.7. The summed E-state index contributed by atoms with van der Waals surface area (Å²) in [7, 11) is 1.23. The van der Waals surface area contributed by atoms with Crippen LogP contribution < -0.4 is 4.90 Å². The number of H-pyrrole nitrogens is 1. The fourth-order valence-electron chi connectivity index (χ4n) is 2.43. The first-order valence-electron chi connectivity index (χ1n) is 6.88. The average Bonchev–Trinajstić information content (AvgIpc) is 3.00. The van der Waals surface area contributed by atoms with Gasteiger partial charge in [0, 0.05) is 10.9 Å². The predicted molar refractivity (Wildman–Crippen MR) is 85.9 cm³/mol. The molecule has 116 valence electrons. The summed E-state index contributed by atoms with van der Waals surface area (Å²) in [4.78, 5) is 27.6. The Morgan fingerprint density at radius 1 is 1.22 bits per heavy atom. The van der Waals surface area contributed by atoms with Gasteiger partial charge >= 0.3 is 5.97 Å². The van der Waals surface area contributed by atoms with Crippen molar-refractivity contribution in [2.45, 2.75) is 0 Å². The monoisotopic (exact) mass is 310 g/mol. The molecule has 0 saturated carbocycles. The van der Waals surface area contributed by atoms with Crippen LogP contribution in [0.25, 0.3) is 10.9 Å². The molecule has 2 aromatic carbocycles. The number of phenolic OH excluding ortho intramolecular Hbond substituents is 1. The molecule has 0 atom stereocenters. The van der Waals surface area contributed by atoms with E-state index < -0.39 is 5.97 Å². The topological polar surface area (TPSA) is 82.6 Å². The fraction of sp³-hybridized carbons (Fsp3) is 0.0588. The molecule has 0 bridgehead atoms. The first-order valence-corrected chi connectivity index (χ1v) is 6.88. The summed E-state index contributed by atoms with van der Waals surface area (Å²) in [5.74, 6) is -0.504. The number of esters is 1. The van der Waals surface area contributed by atoms with Crippen molar-refractivity contribution in [2.75, 3.05) is 12.0 Å². The molecule has 0 radical (unpaired) electrons. The second-order valence-electron chi connectivity index (χ2n) is 4.88. The van der Waals surface area contributed by atoms with Gasteiger partial charge in [0.05, 0.1) is 12.8 Å². The molecule has 0 fully saturated rings. The zero-order valence-corrected chi connectivity index (χ0v) is 12.3. The first kappa shape index (κ1) is 14.6. The largest absolute Gasteiger partial charge is 0.505 e. The Balaban J connectivity index is 2.11. The summed E-state index contributed by atoms with van der Waals surface area (Å²) in [6, 6.07) is 13.9. The molecule has 3 aromatic rings. The molecule has 6 heteroatoms. The van der Waals surface area contributed by atoms with Gasteiger partial charge in [0.15, 0.2) is 5.75 Å². The Morgan fingerprint density at radius 2 is 2.00 bits per heavy atom. The third-order valence-electron chi connectivity index (χ3n) is 3.56. The minimum Gasteiger partial charge on any atom is -0.505 e. The molecule has 0 unspecified atom stereocenters. The van der Waals surface area contributed by atoms with Crippen molar-refractivity contribution in [1.82, 2.24) is 4.98 Å². The van der Waals surface area contributed by atoms with Gasteiger partial charge in [0.1, 0.15) is 11.4 Å². The first-order chi connectivity index (χ1) is 11.2. The Labute approximate surface area is 131 Å². The summed E-state index contributed by atoms with van der Waals surface area (Å²) in [6.07, 6.45) is 0.570. The predicted octanol–water partition coefficient (Wildman–Crippen LogP) is 2.95. The Bertz CT molecular complexity index is 852. The van der Waals surface area contributed by atoms with Crippen molar-refractivity contribution in [3.05, 3.63) is 54.1 Å². The van der Waals surface area contributed by atoms with E-state index in [9.17, 15) is 14.7 Å². The number of aromatic nitrogens is 1. The third kappa shape index (κ3) is 2.50. The molecule has 0 aliphatic rings. The Morgan fingerprint density at radius 3 is 2.70 bits per heavy atom. The highest BCUT2D eigenvalue weighted by Gasteiger charge is 2.20. The number of hydrogen-bond acceptors (Lipinski definition) is 4. The quantitative estimate of drug-likeness (QED) is 0.573. The zero-order chi connectivity index (χ0) is 16.4. The van der Waals surface area contributed by atoms with Gasteiger partial charge in [-0.15, -0.1) is 0 Å². The van der Waals surface area contributed by atoms with Gasteiger partial charge in [-0.1, -0.05) is 24.3 Å². The lowest BCUT2D eigenvalue weighted by molar-refractivity contribution is -0.106. The lowest BCUT2D eigenvalue weighted by Crippen LogP contribution is -2.15. The number of fused-ring (bicyclic) bond motifs is 1. The number of amides is 1. The highest BCUT2D eigenvalue weighted by molar-refractivity contribution is 5.99. The van der Waals surface area contributed by atoms with Gasteiger partial charge in [-0.05, 0) is 24.3 Å². The maximum Gasteiger partial charge on any atom is 0.341 e. The van der Waals surface area contributed by atoms with E-state index in [2.05, 4.69) is 9.72 Å². The van der Waals surface area contributed by atoms with E-state index >= 15 is 0 Å². The third-order valence-corrected chi connectivity index (χ3v) is 3.56. The highest BCUT2D eigenvalue weighted by Crippen LogP contribution is 2.35. The molecule has 3 rings (SSSR count). The van der Waals surface area contributed by atoms with Crippen LogP contribution in [0.4, 0.5) is 11.5 Å². The molecular formula is C17H14N2O4. The van der Waals surface area contributed by atoms with Gasteiger partial charge in [0.2, 0.25) is 6.41 Å². The normalized spacial score (nSPS) is 10.5. The smallest absolute Gasteiger partial charge is 0.341 e. The lowest BCUT2D eigenvalue weighted by Gasteiger charge is -2.18. The summed E-state index contributed by atoms with van der Waals surface area (Å²) in [6.45, 7) is 0. The minimum absolute atomic E-state index is 0.00652. The van der Waals surface area contributed by atoms with E-state index in [0.717, 1.165) is 10.9 Å². The molecule has 0 spiro atoms. The number of methoxy groups -OCH3 is 1. The van der Waals surface area contributed by atoms with Crippen LogP contribution in [0, 0.1) is 0 Å². The lowest BCUT2D eigenvalue weighted by atomic mass is 10.1. The second-order valence-corrected chi connectivity index (χ2v) is 4.88. The van der Waals surface area contributed by atoms with Crippen LogP contribution in [-0.4, -0.2) is 29.6 Å². The number of ether oxygens (including phenoxy) is 1. The molecule has 23 heavy (non-hydrogen) atoms. The number of para-hydroxylation sites is 2. The molecule has 1 heterocycles. The van der Waals surface area contributed by atoms with Crippen LogP contribution in [0.2, 0.25) is 0 Å². The molecule has 0 aliphatic carbocycles. The molecule has 0 aliphatic heterocycles. The molecule has 1 aromatic heterocycles. The number of nitrogens with zero attached hydrogens (tertiary/aromatic N) is 1. The molecule has 1 amide bonds. The number of benzene rings is 2. The van der Waals surface area contributed by atoms with Gasteiger partial charge in [-0.25, -0.2) is 4.79 Å². The summed E-state index contributed by atoms with van der Waals surface area (Å²) >= 11 is 0. The van der Waals surface area contributed by atoms with Gasteiger partial charge in [-0.2, -0.15) is 0 Å². The van der Waals surface area contributed by atoms with E-state index in [4.69, 9.17) is 0 Å². The maximum atomic E-state index is 11.7. The SMILES string of the molecule is COC(=O)c1cccc(N(C=O)c2cc3ccccc3[nH]2)c1O. The number of phenols is 1. The van der Waals surface area contributed by atoms with E-state index in [1.54, 1.807) is 18.2 Å². The highest BCUT2D eigenvalue weighted by atomic mass is 16.5. The number of carbonyl (C=O) groups is 2. The fourth-order valence-corrected chi connectivity index (χ4v) is 2.43. The average molecular weight is 310 g/mol. The number of aromatic amines is 1. The van der Waals surface area contributed by atoms with Crippen LogP contribution in [0.5, 0.6) is 5.75 Å². The standard InChI is InChI=1S/C17H14N2O4/c1-23-17(22)12-6-4-8-14(16(12)21)19(10-20)15-9-11-5-2-3-7-13(11)18-15/h2-10,18,21H,1H3. The van der Waals surface area contributed by atoms with E-state index in [-0.39, 0.29) is 17.0 Å². The summed E-state index contributed by atoms with van der Waals surface area (Å²) in [5.41, 5.74) is 1.04. The number of hydrogen-bond donors (Lipinski definition) is 2. The van der Waals surface area contributed by atoms with Gasteiger partial charge < -0.3 is 14.8 Å². The minimum atomic E-state index is -0.674. The molecular weight excluding hydrogens is 296 g/mol. The van der Waals surface area contributed by atoms with E-state index in [1.165, 1.54) is 18.1 Å². The molecule has 2 N–H and O–H groups in total. The van der Waals surface area contributed by atoms with Crippen LogP contribution in [-0.2, 0) is 9.53 Å². The number of aromatic hydroxyl groups is 1.